The maximum absolute atomic E-state index is 13.1. The number of hydrogen-bond donors (Lipinski definition) is 0. The zero-order valence-corrected chi connectivity index (χ0v) is 14.9. The van der Waals surface area contributed by atoms with Gasteiger partial charge in [0.05, 0.1) is 12.2 Å². The van der Waals surface area contributed by atoms with E-state index in [1.54, 1.807) is 0 Å². The molecule has 0 N–H and O–H groups in total. The minimum Gasteiger partial charge on any atom is -0.308 e. The molecule has 1 aromatic carbocycles. The molecule has 0 fully saturated rings. The van der Waals surface area contributed by atoms with E-state index < -0.39 is 0 Å². The van der Waals surface area contributed by atoms with Gasteiger partial charge in [0.2, 0.25) is 5.91 Å². The van der Waals surface area contributed by atoms with Gasteiger partial charge in [0.1, 0.15) is 5.82 Å². The van der Waals surface area contributed by atoms with Crippen LogP contribution in [0.1, 0.15) is 36.0 Å². The van der Waals surface area contributed by atoms with Crippen molar-refractivity contribution in [2.24, 2.45) is 0 Å². The van der Waals surface area contributed by atoms with Crippen LogP contribution in [0.15, 0.2) is 30.5 Å². The second kappa shape index (κ2) is 6.56. The van der Waals surface area contributed by atoms with Gasteiger partial charge in [0.25, 0.3) is 0 Å². The summed E-state index contributed by atoms with van der Waals surface area (Å²) in [6.07, 6.45) is 4.92. The van der Waals surface area contributed by atoms with E-state index in [4.69, 9.17) is 0 Å². The van der Waals surface area contributed by atoms with E-state index in [0.29, 0.717) is 6.54 Å². The van der Waals surface area contributed by atoms with Crippen LogP contribution in [-0.2, 0) is 24.2 Å². The van der Waals surface area contributed by atoms with E-state index in [9.17, 15) is 4.79 Å². The highest BCUT2D eigenvalue weighted by molar-refractivity contribution is 5.96. The number of nitrogens with zero attached hydrogens (tertiary/aromatic N) is 4. The van der Waals surface area contributed by atoms with Crippen LogP contribution < -0.4 is 4.90 Å². The Morgan fingerprint density at radius 3 is 2.96 bits per heavy atom. The van der Waals surface area contributed by atoms with Crippen molar-refractivity contribution in [3.8, 4) is 0 Å². The monoisotopic (exact) mass is 336 g/mol. The highest BCUT2D eigenvalue weighted by Crippen LogP contribution is 2.30. The van der Waals surface area contributed by atoms with Gasteiger partial charge < -0.3 is 4.90 Å². The summed E-state index contributed by atoms with van der Waals surface area (Å²) in [4.78, 5) is 26.1. The number of benzene rings is 1. The van der Waals surface area contributed by atoms with Crippen LogP contribution in [-0.4, -0.2) is 39.9 Å². The van der Waals surface area contributed by atoms with Gasteiger partial charge in [0.15, 0.2) is 0 Å². The molecule has 1 aromatic heterocycles. The van der Waals surface area contributed by atoms with Crippen LogP contribution in [0.3, 0.4) is 0 Å². The molecule has 1 unspecified atom stereocenters. The van der Waals surface area contributed by atoms with Gasteiger partial charge in [0, 0.05) is 31.0 Å². The van der Waals surface area contributed by atoms with Crippen LogP contribution in [0.5, 0.6) is 0 Å². The summed E-state index contributed by atoms with van der Waals surface area (Å²) in [5.74, 6) is 0.986. The number of rotatable bonds is 2. The number of carbonyl (C=O) groups is 1. The number of aromatic nitrogens is 2. The first-order chi connectivity index (χ1) is 12.1. The number of fused-ring (bicyclic) bond motifs is 2. The van der Waals surface area contributed by atoms with Crippen LogP contribution in [0.2, 0.25) is 0 Å². The second-order valence-corrected chi connectivity index (χ2v) is 7.13. The number of carbonyl (C=O) groups excluding carboxylic acids is 1. The highest BCUT2D eigenvalue weighted by atomic mass is 16.2. The fourth-order valence-electron chi connectivity index (χ4n) is 3.93. The Morgan fingerprint density at radius 2 is 2.08 bits per heavy atom. The number of anilines is 1. The quantitative estimate of drug-likeness (QED) is 0.845. The van der Waals surface area contributed by atoms with Crippen molar-refractivity contribution >= 4 is 11.6 Å². The second-order valence-electron chi connectivity index (χ2n) is 7.13. The molecule has 2 aromatic rings. The average Bonchev–Trinajstić information content (AvgIpc) is 2.61. The summed E-state index contributed by atoms with van der Waals surface area (Å²) in [7, 11) is 0. The Hall–Kier alpha value is -2.27. The van der Waals surface area contributed by atoms with Gasteiger partial charge >= 0.3 is 0 Å². The molecule has 0 saturated carbocycles. The lowest BCUT2D eigenvalue weighted by molar-refractivity contribution is -0.120. The smallest absolute Gasteiger partial charge is 0.241 e. The molecule has 4 rings (SSSR count). The molecule has 0 saturated heterocycles. The first-order valence-corrected chi connectivity index (χ1v) is 9.05. The molecular weight excluding hydrogens is 312 g/mol. The molecule has 2 aliphatic rings. The minimum absolute atomic E-state index is 0.189. The summed E-state index contributed by atoms with van der Waals surface area (Å²) in [5.41, 5.74) is 4.65. The van der Waals surface area contributed by atoms with Crippen molar-refractivity contribution in [3.63, 3.8) is 0 Å². The molecule has 0 spiro atoms. The maximum atomic E-state index is 13.1. The lowest BCUT2D eigenvalue weighted by Crippen LogP contribution is -2.48. The summed E-state index contributed by atoms with van der Waals surface area (Å²) in [5, 5.41) is 0. The predicted molar refractivity (Wildman–Crippen MR) is 97.5 cm³/mol. The predicted octanol–water partition coefficient (Wildman–Crippen LogP) is 2.51. The molecule has 25 heavy (non-hydrogen) atoms. The molecule has 2 aliphatic heterocycles. The molecule has 5 nitrogen and oxygen atoms in total. The molecule has 0 radical (unpaired) electrons. The van der Waals surface area contributed by atoms with E-state index in [1.165, 1.54) is 11.1 Å². The zero-order chi connectivity index (χ0) is 17.4. The van der Waals surface area contributed by atoms with Crippen LogP contribution in [0.25, 0.3) is 0 Å². The fourth-order valence-corrected chi connectivity index (χ4v) is 3.93. The van der Waals surface area contributed by atoms with Gasteiger partial charge in [-0.2, -0.15) is 0 Å². The molecule has 1 amide bonds. The Morgan fingerprint density at radius 1 is 1.24 bits per heavy atom. The lowest BCUT2D eigenvalue weighted by Gasteiger charge is -2.37. The number of hydrogen-bond acceptors (Lipinski definition) is 4. The van der Waals surface area contributed by atoms with Crippen LogP contribution >= 0.6 is 0 Å². The summed E-state index contributed by atoms with van der Waals surface area (Å²) >= 11 is 0. The van der Waals surface area contributed by atoms with Crippen molar-refractivity contribution in [2.75, 3.05) is 18.0 Å². The number of aryl methyl sites for hydroxylation is 2. The summed E-state index contributed by atoms with van der Waals surface area (Å²) in [6.45, 7) is 6.12. The van der Waals surface area contributed by atoms with Gasteiger partial charge in [-0.3, -0.25) is 9.69 Å². The normalized spacial score (nSPS) is 20.1. The highest BCUT2D eigenvalue weighted by Gasteiger charge is 2.30. The van der Waals surface area contributed by atoms with Crippen molar-refractivity contribution in [1.82, 2.24) is 14.9 Å². The van der Waals surface area contributed by atoms with Gasteiger partial charge in [-0.25, -0.2) is 9.97 Å². The largest absolute Gasteiger partial charge is 0.308 e. The van der Waals surface area contributed by atoms with Gasteiger partial charge in [-0.15, -0.1) is 0 Å². The van der Waals surface area contributed by atoms with Gasteiger partial charge in [-0.05, 0) is 50.3 Å². The molecule has 1 atom stereocenters. The van der Waals surface area contributed by atoms with Crippen LogP contribution in [0, 0.1) is 6.92 Å². The summed E-state index contributed by atoms with van der Waals surface area (Å²) < 4.78 is 0. The Kier molecular flexibility index (Phi) is 4.25. The van der Waals surface area contributed by atoms with Crippen LogP contribution in [0.4, 0.5) is 5.69 Å². The van der Waals surface area contributed by atoms with Crippen molar-refractivity contribution in [3.05, 3.63) is 53.1 Å². The SMILES string of the molecule is Cc1ncc2c(n1)CN(CC(=O)N1c3ccccc3CCC1C)CC2. The van der Waals surface area contributed by atoms with Crippen molar-refractivity contribution in [1.29, 1.82) is 0 Å². The molecule has 3 heterocycles. The maximum Gasteiger partial charge on any atom is 0.241 e. The number of para-hydroxylation sites is 1. The zero-order valence-electron chi connectivity index (χ0n) is 14.9. The Labute approximate surface area is 148 Å². The van der Waals surface area contributed by atoms with E-state index >= 15 is 0 Å². The first-order valence-electron chi connectivity index (χ1n) is 9.05. The summed E-state index contributed by atoms with van der Waals surface area (Å²) in [6, 6.07) is 8.54. The topological polar surface area (TPSA) is 49.3 Å². The van der Waals surface area contributed by atoms with E-state index in [2.05, 4.69) is 40.0 Å². The van der Waals surface area contributed by atoms with E-state index in [-0.39, 0.29) is 11.9 Å². The minimum atomic E-state index is 0.189. The van der Waals surface area contributed by atoms with E-state index in [1.807, 2.05) is 24.1 Å². The average molecular weight is 336 g/mol. The molecule has 0 aliphatic carbocycles. The van der Waals surface area contributed by atoms with Crippen molar-refractivity contribution < 1.29 is 4.79 Å². The molecule has 5 heteroatoms. The van der Waals surface area contributed by atoms with Gasteiger partial charge in [-0.1, -0.05) is 18.2 Å². The number of amides is 1. The standard InChI is InChI=1S/C20H24N4O/c1-14-7-8-16-5-3-4-6-19(16)24(14)20(25)13-23-10-9-17-11-21-15(2)22-18(17)12-23/h3-6,11,14H,7-10,12-13H2,1-2H3. The molecular formula is C20H24N4O. The molecule has 0 bridgehead atoms. The molecule has 130 valence electrons. The third-order valence-corrected chi connectivity index (χ3v) is 5.30. The van der Waals surface area contributed by atoms with E-state index in [0.717, 1.165) is 49.6 Å². The lowest BCUT2D eigenvalue weighted by atomic mass is 9.96. The fraction of sp³-hybridized carbons (Fsp3) is 0.450. The first kappa shape index (κ1) is 16.2. The third-order valence-electron chi connectivity index (χ3n) is 5.30. The van der Waals surface area contributed by atoms with Crippen molar-refractivity contribution in [2.45, 2.75) is 45.7 Å². The Bertz CT molecular complexity index is 804. The third kappa shape index (κ3) is 3.16. The Balaban J connectivity index is 1.51.